The largest absolute Gasteiger partial charge is 0.460 e. The van der Waals surface area contributed by atoms with Gasteiger partial charge in [-0.2, -0.15) is 0 Å². The van der Waals surface area contributed by atoms with Crippen molar-refractivity contribution in [3.63, 3.8) is 0 Å². The first-order chi connectivity index (χ1) is 8.41. The van der Waals surface area contributed by atoms with Gasteiger partial charge in [-0.15, -0.1) is 0 Å². The Balaban J connectivity index is 2.59. The number of non-ortho nitro benzene ring substituents is 1. The first-order valence-corrected chi connectivity index (χ1v) is 5.50. The highest BCUT2D eigenvalue weighted by atomic mass is 16.6. The van der Waals surface area contributed by atoms with Crippen LogP contribution in [-0.4, -0.2) is 42.5 Å². The quantitative estimate of drug-likeness (QED) is 0.453. The average molecular weight is 252 g/mol. The summed E-state index contributed by atoms with van der Waals surface area (Å²) < 4.78 is 5.10. The van der Waals surface area contributed by atoms with E-state index in [1.165, 1.54) is 24.3 Å². The molecule has 1 atom stereocenters. The molecule has 0 aliphatic heterocycles. The SMILES string of the molecule is C[C@H](COC(=O)c1ccc([N+](=O)[O-])cc1)N(C)C. The second-order valence-electron chi connectivity index (χ2n) is 4.22. The number of likely N-dealkylation sites (N-methyl/N-ethyl adjacent to an activating group) is 1. The molecule has 18 heavy (non-hydrogen) atoms. The minimum atomic E-state index is -0.511. The van der Waals surface area contributed by atoms with Crippen LogP contribution in [0.5, 0.6) is 0 Å². The summed E-state index contributed by atoms with van der Waals surface area (Å²) in [5, 5.41) is 10.5. The van der Waals surface area contributed by atoms with Crippen molar-refractivity contribution in [3.05, 3.63) is 39.9 Å². The highest BCUT2D eigenvalue weighted by molar-refractivity contribution is 5.89. The van der Waals surface area contributed by atoms with Crippen LogP contribution in [0.25, 0.3) is 0 Å². The van der Waals surface area contributed by atoms with E-state index in [-0.39, 0.29) is 18.3 Å². The number of nitro benzene ring substituents is 1. The number of hydrogen-bond donors (Lipinski definition) is 0. The minimum Gasteiger partial charge on any atom is -0.460 e. The van der Waals surface area contributed by atoms with E-state index in [4.69, 9.17) is 4.74 Å². The molecule has 1 aromatic carbocycles. The first kappa shape index (κ1) is 14.1. The van der Waals surface area contributed by atoms with E-state index in [0.29, 0.717) is 5.56 Å². The Morgan fingerprint density at radius 1 is 1.39 bits per heavy atom. The number of rotatable bonds is 5. The van der Waals surface area contributed by atoms with E-state index < -0.39 is 10.9 Å². The van der Waals surface area contributed by atoms with Crippen molar-refractivity contribution < 1.29 is 14.5 Å². The predicted molar refractivity (Wildman–Crippen MR) is 66.5 cm³/mol. The molecule has 1 aromatic rings. The van der Waals surface area contributed by atoms with E-state index in [1.54, 1.807) is 0 Å². The standard InChI is InChI=1S/C12H16N2O4/c1-9(13(2)3)8-18-12(15)10-4-6-11(7-5-10)14(16)17/h4-7,9H,8H2,1-3H3/t9-/m1/s1. The van der Waals surface area contributed by atoms with Gasteiger partial charge in [0.25, 0.3) is 5.69 Å². The number of carbonyl (C=O) groups is 1. The van der Waals surface area contributed by atoms with Gasteiger partial charge in [0.05, 0.1) is 10.5 Å². The van der Waals surface area contributed by atoms with E-state index in [1.807, 2.05) is 25.9 Å². The lowest BCUT2D eigenvalue weighted by Gasteiger charge is -2.19. The van der Waals surface area contributed by atoms with Crippen LogP contribution in [0.4, 0.5) is 5.69 Å². The molecule has 0 unspecified atom stereocenters. The van der Waals surface area contributed by atoms with Gasteiger partial charge >= 0.3 is 5.97 Å². The fourth-order valence-electron chi connectivity index (χ4n) is 1.15. The van der Waals surface area contributed by atoms with Crippen molar-refractivity contribution in [2.45, 2.75) is 13.0 Å². The molecule has 1 rings (SSSR count). The molecule has 0 bridgehead atoms. The lowest BCUT2D eigenvalue weighted by atomic mass is 10.2. The van der Waals surface area contributed by atoms with Crippen molar-refractivity contribution in [1.29, 1.82) is 0 Å². The third-order valence-electron chi connectivity index (χ3n) is 2.65. The molecule has 0 heterocycles. The van der Waals surface area contributed by atoms with E-state index in [0.717, 1.165) is 0 Å². The van der Waals surface area contributed by atoms with Gasteiger partial charge in [0.1, 0.15) is 6.61 Å². The average Bonchev–Trinajstić information content (AvgIpc) is 2.35. The van der Waals surface area contributed by atoms with Crippen LogP contribution < -0.4 is 0 Å². The molecule has 6 heteroatoms. The fraction of sp³-hybridized carbons (Fsp3) is 0.417. The van der Waals surface area contributed by atoms with Crippen LogP contribution in [0.2, 0.25) is 0 Å². The Bertz CT molecular complexity index is 428. The number of esters is 1. The van der Waals surface area contributed by atoms with Crippen LogP contribution in [0, 0.1) is 10.1 Å². The van der Waals surface area contributed by atoms with Crippen LogP contribution in [-0.2, 0) is 4.74 Å². The Kier molecular flexibility index (Phi) is 4.79. The molecule has 0 aliphatic rings. The summed E-state index contributed by atoms with van der Waals surface area (Å²) >= 11 is 0. The maximum atomic E-state index is 11.6. The highest BCUT2D eigenvalue weighted by Gasteiger charge is 2.12. The summed E-state index contributed by atoms with van der Waals surface area (Å²) in [5.41, 5.74) is 0.264. The Morgan fingerprint density at radius 3 is 2.39 bits per heavy atom. The molecule has 0 saturated heterocycles. The molecule has 0 aromatic heterocycles. The summed E-state index contributed by atoms with van der Waals surface area (Å²) in [6.07, 6.45) is 0. The molecule has 0 N–H and O–H groups in total. The van der Waals surface area contributed by atoms with E-state index in [9.17, 15) is 14.9 Å². The van der Waals surface area contributed by atoms with Crippen molar-refractivity contribution >= 4 is 11.7 Å². The van der Waals surface area contributed by atoms with Crippen LogP contribution in [0.3, 0.4) is 0 Å². The number of hydrogen-bond acceptors (Lipinski definition) is 5. The predicted octanol–water partition coefficient (Wildman–Crippen LogP) is 1.70. The normalized spacial score (nSPS) is 12.2. The third-order valence-corrected chi connectivity index (χ3v) is 2.65. The fourth-order valence-corrected chi connectivity index (χ4v) is 1.15. The highest BCUT2D eigenvalue weighted by Crippen LogP contribution is 2.12. The molecule has 98 valence electrons. The summed E-state index contributed by atoms with van der Waals surface area (Å²) in [5.74, 6) is -0.474. The zero-order valence-electron chi connectivity index (χ0n) is 10.6. The van der Waals surface area contributed by atoms with Crippen LogP contribution in [0.1, 0.15) is 17.3 Å². The van der Waals surface area contributed by atoms with Crippen molar-refractivity contribution in [2.75, 3.05) is 20.7 Å². The molecule has 0 spiro atoms. The molecular formula is C12H16N2O4. The number of ether oxygens (including phenoxy) is 1. The Labute approximate surface area is 105 Å². The van der Waals surface area contributed by atoms with E-state index in [2.05, 4.69) is 0 Å². The second-order valence-corrected chi connectivity index (χ2v) is 4.22. The summed E-state index contributed by atoms with van der Waals surface area (Å²) in [7, 11) is 3.79. The van der Waals surface area contributed by atoms with Crippen LogP contribution >= 0.6 is 0 Å². The van der Waals surface area contributed by atoms with Gasteiger partial charge in [0.15, 0.2) is 0 Å². The molecular weight excluding hydrogens is 236 g/mol. The monoisotopic (exact) mass is 252 g/mol. The van der Waals surface area contributed by atoms with Gasteiger partial charge in [-0.25, -0.2) is 4.79 Å². The number of nitro groups is 1. The number of nitrogens with zero attached hydrogens (tertiary/aromatic N) is 2. The molecule has 0 saturated carbocycles. The Hall–Kier alpha value is -1.95. The van der Waals surface area contributed by atoms with Gasteiger partial charge in [-0.05, 0) is 33.2 Å². The van der Waals surface area contributed by atoms with E-state index >= 15 is 0 Å². The second kappa shape index (κ2) is 6.11. The zero-order chi connectivity index (χ0) is 13.7. The van der Waals surface area contributed by atoms with Crippen molar-refractivity contribution in [1.82, 2.24) is 4.90 Å². The number of carbonyl (C=O) groups excluding carboxylic acids is 1. The third kappa shape index (κ3) is 3.81. The maximum absolute atomic E-state index is 11.6. The molecule has 0 fully saturated rings. The zero-order valence-corrected chi connectivity index (χ0v) is 10.6. The molecule has 0 amide bonds. The van der Waals surface area contributed by atoms with Gasteiger partial charge in [-0.3, -0.25) is 10.1 Å². The first-order valence-electron chi connectivity index (χ1n) is 5.50. The Morgan fingerprint density at radius 2 is 1.94 bits per heavy atom. The lowest BCUT2D eigenvalue weighted by molar-refractivity contribution is -0.384. The van der Waals surface area contributed by atoms with Gasteiger partial charge in [-0.1, -0.05) is 0 Å². The molecule has 6 nitrogen and oxygen atoms in total. The van der Waals surface area contributed by atoms with Gasteiger partial charge < -0.3 is 9.64 Å². The topological polar surface area (TPSA) is 72.7 Å². The lowest BCUT2D eigenvalue weighted by Crippen LogP contribution is -2.30. The summed E-state index contributed by atoms with van der Waals surface area (Å²) in [6.45, 7) is 2.21. The van der Waals surface area contributed by atoms with Gasteiger partial charge in [0, 0.05) is 18.2 Å². The molecule has 0 radical (unpaired) electrons. The van der Waals surface area contributed by atoms with Crippen LogP contribution in [0.15, 0.2) is 24.3 Å². The van der Waals surface area contributed by atoms with Gasteiger partial charge in [0.2, 0.25) is 0 Å². The smallest absolute Gasteiger partial charge is 0.338 e. The minimum absolute atomic E-state index is 0.0480. The summed E-state index contributed by atoms with van der Waals surface area (Å²) in [6, 6.07) is 5.46. The number of benzene rings is 1. The summed E-state index contributed by atoms with van der Waals surface area (Å²) in [4.78, 5) is 23.5. The van der Waals surface area contributed by atoms with Crippen molar-refractivity contribution in [2.24, 2.45) is 0 Å². The maximum Gasteiger partial charge on any atom is 0.338 e. The molecule has 0 aliphatic carbocycles. The van der Waals surface area contributed by atoms with Crippen molar-refractivity contribution in [3.8, 4) is 0 Å².